The van der Waals surface area contributed by atoms with E-state index in [0.717, 1.165) is 25.7 Å². The van der Waals surface area contributed by atoms with Gasteiger partial charge in [-0.2, -0.15) is 10.4 Å². The number of benzene rings is 1. The number of hydrogen-bond donors (Lipinski definition) is 2. The third kappa shape index (κ3) is 4.59. The van der Waals surface area contributed by atoms with E-state index in [1.165, 1.54) is 0 Å². The Morgan fingerprint density at radius 2 is 2.08 bits per heavy atom. The van der Waals surface area contributed by atoms with Crippen LogP contribution in [0.1, 0.15) is 41.7 Å². The van der Waals surface area contributed by atoms with Gasteiger partial charge in [-0.05, 0) is 49.9 Å². The Labute approximate surface area is 161 Å². The van der Waals surface area contributed by atoms with Crippen molar-refractivity contribution in [2.75, 3.05) is 0 Å². The molecule has 26 heavy (non-hydrogen) atoms. The molecule has 3 rings (SSSR count). The summed E-state index contributed by atoms with van der Waals surface area (Å²) in [4.78, 5) is 12.2. The predicted octanol–water partition coefficient (Wildman–Crippen LogP) is 3.78. The lowest BCUT2D eigenvalue weighted by molar-refractivity contribution is 0.0888. The molecule has 0 aliphatic heterocycles. The molecule has 0 unspecified atom stereocenters. The van der Waals surface area contributed by atoms with Gasteiger partial charge in [0.25, 0.3) is 5.91 Å². The molecule has 1 aliphatic rings. The minimum absolute atomic E-state index is 0.0677. The van der Waals surface area contributed by atoms with E-state index in [2.05, 4.69) is 15.5 Å². The second-order valence-electron chi connectivity index (χ2n) is 6.12. The van der Waals surface area contributed by atoms with Crippen LogP contribution in [0.2, 0.25) is 5.02 Å². The van der Waals surface area contributed by atoms with Crippen molar-refractivity contribution in [3.05, 3.63) is 51.3 Å². The highest BCUT2D eigenvalue weighted by molar-refractivity contribution is 7.71. The molecule has 0 atom stereocenters. The predicted molar refractivity (Wildman–Crippen MR) is 99.7 cm³/mol. The van der Waals surface area contributed by atoms with Gasteiger partial charge in [0.1, 0.15) is 22.2 Å². The molecule has 2 aromatic rings. The molecule has 1 saturated carbocycles. The van der Waals surface area contributed by atoms with Crippen molar-refractivity contribution in [2.45, 2.75) is 37.8 Å². The summed E-state index contributed by atoms with van der Waals surface area (Å²) in [7, 11) is 0. The van der Waals surface area contributed by atoms with Gasteiger partial charge in [0.2, 0.25) is 0 Å². The first-order valence-corrected chi connectivity index (χ1v) is 9.06. The largest absolute Gasteiger partial charge is 0.490 e. The summed E-state index contributed by atoms with van der Waals surface area (Å²) >= 11 is 11.0. The van der Waals surface area contributed by atoms with E-state index in [-0.39, 0.29) is 18.1 Å². The summed E-state index contributed by atoms with van der Waals surface area (Å²) < 4.78 is 6.44. The number of amides is 1. The maximum Gasteiger partial charge on any atom is 0.271 e. The Hall–Kier alpha value is -2.43. The molecule has 1 fully saturated rings. The highest BCUT2D eigenvalue weighted by Gasteiger charge is 2.24. The summed E-state index contributed by atoms with van der Waals surface area (Å²) in [6.45, 7) is 0. The highest BCUT2D eigenvalue weighted by Crippen LogP contribution is 2.27. The first kappa shape index (κ1) is 18.4. The molecule has 1 aliphatic carbocycles. The van der Waals surface area contributed by atoms with Crippen molar-refractivity contribution in [2.24, 2.45) is 0 Å². The quantitative estimate of drug-likeness (QED) is 0.777. The number of carbonyl (C=O) groups excluding carboxylic acids is 1. The molecule has 6 nitrogen and oxygen atoms in total. The van der Waals surface area contributed by atoms with Crippen LogP contribution in [0, 0.1) is 16.0 Å². The van der Waals surface area contributed by atoms with Gasteiger partial charge in [0.05, 0.1) is 16.7 Å². The number of nitrogens with zero attached hydrogens (tertiary/aromatic N) is 2. The minimum atomic E-state index is -0.209. The lowest BCUT2D eigenvalue weighted by Gasteiger charge is -2.29. The third-order valence-electron chi connectivity index (χ3n) is 4.28. The number of rotatable bonds is 4. The number of ether oxygens (including phenoxy) is 1. The third-order valence-corrected chi connectivity index (χ3v) is 4.83. The number of carbonyl (C=O) groups is 1. The molecule has 0 spiro atoms. The molecule has 2 N–H and O–H groups in total. The van der Waals surface area contributed by atoms with Gasteiger partial charge >= 0.3 is 0 Å². The van der Waals surface area contributed by atoms with Crippen molar-refractivity contribution in [3.63, 3.8) is 0 Å². The monoisotopic (exact) mass is 388 g/mol. The molecular weight excluding hydrogens is 372 g/mol. The van der Waals surface area contributed by atoms with Crippen LogP contribution in [0.3, 0.4) is 0 Å². The molecule has 0 saturated heterocycles. The van der Waals surface area contributed by atoms with Crippen LogP contribution >= 0.6 is 23.8 Å². The highest BCUT2D eigenvalue weighted by atomic mass is 35.5. The van der Waals surface area contributed by atoms with Gasteiger partial charge in [-0.15, -0.1) is 0 Å². The van der Waals surface area contributed by atoms with E-state index >= 15 is 0 Å². The first-order chi connectivity index (χ1) is 12.5. The first-order valence-electron chi connectivity index (χ1n) is 8.28. The summed E-state index contributed by atoms with van der Waals surface area (Å²) in [6, 6.07) is 10.4. The van der Waals surface area contributed by atoms with Gasteiger partial charge in [-0.3, -0.25) is 9.89 Å². The second kappa shape index (κ2) is 8.30. The van der Waals surface area contributed by atoms with Crippen molar-refractivity contribution in [3.8, 4) is 11.8 Å². The summed E-state index contributed by atoms with van der Waals surface area (Å²) in [6.07, 6.45) is 3.37. The fourth-order valence-electron chi connectivity index (χ4n) is 2.91. The second-order valence-corrected chi connectivity index (χ2v) is 6.97. The van der Waals surface area contributed by atoms with Crippen LogP contribution in [0.15, 0.2) is 30.3 Å². The lowest BCUT2D eigenvalue weighted by atomic mass is 9.93. The van der Waals surface area contributed by atoms with Gasteiger partial charge in [0, 0.05) is 12.1 Å². The number of aromatic nitrogens is 2. The molecule has 1 heterocycles. The minimum Gasteiger partial charge on any atom is -0.490 e. The van der Waals surface area contributed by atoms with E-state index in [4.69, 9.17) is 33.8 Å². The Bertz CT molecular complexity index is 880. The topological polar surface area (TPSA) is 90.8 Å². The molecule has 1 aromatic heterocycles. The number of halogens is 1. The number of aromatic amines is 1. The zero-order valence-electron chi connectivity index (χ0n) is 13.9. The molecule has 8 heteroatoms. The summed E-state index contributed by atoms with van der Waals surface area (Å²) in [5, 5.41) is 18.8. The molecule has 1 amide bonds. The number of H-pyrrole nitrogens is 1. The maximum absolute atomic E-state index is 12.2. The molecule has 1 aromatic carbocycles. The number of nitriles is 1. The average Bonchev–Trinajstić information content (AvgIpc) is 2.64. The van der Waals surface area contributed by atoms with Crippen molar-refractivity contribution >= 4 is 29.7 Å². The molecule has 134 valence electrons. The summed E-state index contributed by atoms with van der Waals surface area (Å²) in [5.41, 5.74) is 0.754. The van der Waals surface area contributed by atoms with E-state index in [1.54, 1.807) is 30.3 Å². The summed E-state index contributed by atoms with van der Waals surface area (Å²) in [5.74, 6) is 0.449. The van der Waals surface area contributed by atoms with Crippen LogP contribution in [-0.2, 0) is 0 Å². The van der Waals surface area contributed by atoms with Crippen molar-refractivity contribution in [1.29, 1.82) is 5.26 Å². The standard InChI is InChI=1S/C18H17ClN4O2S/c19-15-9-14(4-1-11(15)10-20)25-13-5-2-12(3-6-13)21-18(24)16-7-8-17(26)23-22-16/h1,4,7-9,12-13H,2-3,5-6H2,(H,21,24)(H,23,26). The molecule has 0 radical (unpaired) electrons. The van der Waals surface area contributed by atoms with Crippen molar-refractivity contribution < 1.29 is 9.53 Å². The Kier molecular flexibility index (Phi) is 5.86. The number of nitrogens with one attached hydrogen (secondary N) is 2. The van der Waals surface area contributed by atoms with Crippen LogP contribution in [0.4, 0.5) is 0 Å². The fraction of sp³-hybridized carbons (Fsp3) is 0.333. The smallest absolute Gasteiger partial charge is 0.271 e. The van der Waals surface area contributed by atoms with E-state index in [9.17, 15) is 4.79 Å². The van der Waals surface area contributed by atoms with Gasteiger partial charge in [-0.1, -0.05) is 23.8 Å². The maximum atomic E-state index is 12.2. The zero-order valence-corrected chi connectivity index (χ0v) is 15.4. The Morgan fingerprint density at radius 1 is 1.31 bits per heavy atom. The molecular formula is C18H17ClN4O2S. The van der Waals surface area contributed by atoms with E-state index < -0.39 is 0 Å². The zero-order chi connectivity index (χ0) is 18.5. The van der Waals surface area contributed by atoms with E-state index in [0.29, 0.717) is 26.7 Å². The molecule has 0 bridgehead atoms. The van der Waals surface area contributed by atoms with Crippen LogP contribution in [0.25, 0.3) is 0 Å². The Morgan fingerprint density at radius 3 is 2.69 bits per heavy atom. The van der Waals surface area contributed by atoms with E-state index in [1.807, 2.05) is 6.07 Å². The van der Waals surface area contributed by atoms with Gasteiger partial charge < -0.3 is 10.1 Å². The lowest BCUT2D eigenvalue weighted by Crippen LogP contribution is -2.40. The van der Waals surface area contributed by atoms with Gasteiger partial charge in [0.15, 0.2) is 0 Å². The number of hydrogen-bond acceptors (Lipinski definition) is 5. The van der Waals surface area contributed by atoms with Crippen LogP contribution < -0.4 is 10.1 Å². The average molecular weight is 389 g/mol. The normalized spacial score (nSPS) is 19.4. The van der Waals surface area contributed by atoms with Crippen molar-refractivity contribution in [1.82, 2.24) is 15.5 Å². The van der Waals surface area contributed by atoms with Gasteiger partial charge in [-0.25, -0.2) is 0 Å². The van der Waals surface area contributed by atoms with Crippen LogP contribution in [-0.4, -0.2) is 28.3 Å². The SMILES string of the molecule is N#Cc1ccc(OC2CCC(NC(=O)c3ccc(=S)[nH]n3)CC2)cc1Cl. The Balaban J connectivity index is 1.50. The van der Waals surface area contributed by atoms with Crippen LogP contribution in [0.5, 0.6) is 5.75 Å². The fourth-order valence-corrected chi connectivity index (χ4v) is 3.23.